The third kappa shape index (κ3) is 6.28. The van der Waals surface area contributed by atoms with Crippen LogP contribution in [0, 0.1) is 5.92 Å². The average molecular weight is 341 g/mol. The molecule has 0 bridgehead atoms. The summed E-state index contributed by atoms with van der Waals surface area (Å²) in [6.45, 7) is 4.85. The number of nitrogens with one attached hydrogen (secondary N) is 2. The molecule has 0 fully saturated rings. The van der Waals surface area contributed by atoms with Gasteiger partial charge < -0.3 is 15.7 Å². The van der Waals surface area contributed by atoms with Crippen LogP contribution in [-0.4, -0.2) is 35.0 Å². The van der Waals surface area contributed by atoms with Gasteiger partial charge in [-0.25, -0.2) is 4.79 Å². The summed E-state index contributed by atoms with van der Waals surface area (Å²) in [7, 11) is 0. The molecule has 6 nitrogen and oxygen atoms in total. The van der Waals surface area contributed by atoms with Crippen LogP contribution in [0.3, 0.4) is 0 Å². The van der Waals surface area contributed by atoms with E-state index in [1.165, 1.54) is 6.92 Å². The van der Waals surface area contributed by atoms with E-state index in [1.54, 1.807) is 38.1 Å². The zero-order chi connectivity index (χ0) is 17.6. The molecule has 0 saturated carbocycles. The summed E-state index contributed by atoms with van der Waals surface area (Å²) in [5.74, 6) is -2.19. The molecule has 2 atom stereocenters. The van der Waals surface area contributed by atoms with Crippen molar-refractivity contribution in [2.24, 2.45) is 5.92 Å². The Morgan fingerprint density at radius 2 is 1.87 bits per heavy atom. The highest BCUT2D eigenvalue weighted by molar-refractivity contribution is 6.30. The van der Waals surface area contributed by atoms with Crippen molar-refractivity contribution in [3.8, 4) is 0 Å². The normalized spacial score (nSPS) is 13.3. The fourth-order valence-electron chi connectivity index (χ4n) is 2.12. The van der Waals surface area contributed by atoms with Gasteiger partial charge in [0.25, 0.3) is 0 Å². The Bertz CT molecular complexity index is 589. The van der Waals surface area contributed by atoms with Crippen LogP contribution in [0.25, 0.3) is 0 Å². The number of amides is 2. The third-order valence-electron chi connectivity index (χ3n) is 3.25. The Hall–Kier alpha value is -2.08. The van der Waals surface area contributed by atoms with Gasteiger partial charge in [-0.05, 0) is 23.6 Å². The van der Waals surface area contributed by atoms with Crippen molar-refractivity contribution < 1.29 is 19.5 Å². The number of carboxylic acids is 1. The number of halogens is 1. The predicted molar refractivity (Wildman–Crippen MR) is 87.2 cm³/mol. The first-order chi connectivity index (χ1) is 10.7. The second kappa shape index (κ2) is 8.53. The van der Waals surface area contributed by atoms with Crippen LogP contribution in [0.5, 0.6) is 0 Å². The third-order valence-corrected chi connectivity index (χ3v) is 3.49. The van der Waals surface area contributed by atoms with E-state index in [-0.39, 0.29) is 18.2 Å². The summed E-state index contributed by atoms with van der Waals surface area (Å²) in [5, 5.41) is 14.8. The molecule has 0 aromatic heterocycles. The first kappa shape index (κ1) is 19.0. The van der Waals surface area contributed by atoms with Gasteiger partial charge in [-0.2, -0.15) is 0 Å². The number of aliphatic carboxylic acids is 1. The van der Waals surface area contributed by atoms with Crippen LogP contribution in [0.1, 0.15) is 26.3 Å². The summed E-state index contributed by atoms with van der Waals surface area (Å²) in [6, 6.07) is 4.90. The van der Waals surface area contributed by atoms with E-state index in [0.717, 1.165) is 0 Å². The Labute approximate surface area is 140 Å². The maximum Gasteiger partial charge on any atom is 0.326 e. The lowest BCUT2D eigenvalue weighted by Crippen LogP contribution is -2.53. The van der Waals surface area contributed by atoms with Crippen molar-refractivity contribution in [1.82, 2.24) is 10.6 Å². The highest BCUT2D eigenvalue weighted by Gasteiger charge is 2.28. The number of carbonyl (C=O) groups is 3. The number of hydrogen-bond acceptors (Lipinski definition) is 3. The van der Waals surface area contributed by atoms with Gasteiger partial charge in [-0.3, -0.25) is 9.59 Å². The van der Waals surface area contributed by atoms with Crippen molar-refractivity contribution in [2.75, 3.05) is 0 Å². The Balaban J connectivity index is 2.84. The second-order valence-electron chi connectivity index (χ2n) is 5.66. The SMILES string of the molecule is CC(=O)N[C@@H](C(=O)N[C@@H](Cc1cccc(Cl)c1)C(=O)O)C(C)C. The highest BCUT2D eigenvalue weighted by atomic mass is 35.5. The zero-order valence-corrected chi connectivity index (χ0v) is 14.1. The van der Waals surface area contributed by atoms with Gasteiger partial charge in [0.05, 0.1) is 0 Å². The van der Waals surface area contributed by atoms with E-state index in [9.17, 15) is 19.5 Å². The van der Waals surface area contributed by atoms with Gasteiger partial charge >= 0.3 is 5.97 Å². The van der Waals surface area contributed by atoms with Crippen molar-refractivity contribution in [3.05, 3.63) is 34.9 Å². The molecule has 0 radical (unpaired) electrons. The van der Waals surface area contributed by atoms with Crippen molar-refractivity contribution in [2.45, 2.75) is 39.3 Å². The van der Waals surface area contributed by atoms with Gasteiger partial charge in [0, 0.05) is 18.4 Å². The fourth-order valence-corrected chi connectivity index (χ4v) is 2.33. The largest absolute Gasteiger partial charge is 0.480 e. The molecule has 0 saturated heterocycles. The molecular weight excluding hydrogens is 320 g/mol. The molecule has 0 aliphatic heterocycles. The molecule has 0 aliphatic carbocycles. The molecular formula is C16H21ClN2O4. The highest BCUT2D eigenvalue weighted by Crippen LogP contribution is 2.13. The topological polar surface area (TPSA) is 95.5 Å². The van der Waals surface area contributed by atoms with E-state index >= 15 is 0 Å². The van der Waals surface area contributed by atoms with Crippen LogP contribution < -0.4 is 10.6 Å². The molecule has 126 valence electrons. The number of benzene rings is 1. The lowest BCUT2D eigenvalue weighted by Gasteiger charge is -2.23. The smallest absolute Gasteiger partial charge is 0.326 e. The summed E-state index contributed by atoms with van der Waals surface area (Å²) in [6.07, 6.45) is 0.104. The Morgan fingerprint density at radius 3 is 2.35 bits per heavy atom. The molecule has 0 heterocycles. The molecule has 23 heavy (non-hydrogen) atoms. The Kier molecular flexibility index (Phi) is 7.03. The Morgan fingerprint density at radius 1 is 1.22 bits per heavy atom. The molecule has 7 heteroatoms. The fraction of sp³-hybridized carbons (Fsp3) is 0.438. The first-order valence-corrected chi connectivity index (χ1v) is 7.63. The van der Waals surface area contributed by atoms with E-state index in [2.05, 4.69) is 10.6 Å². The predicted octanol–water partition coefficient (Wildman–Crippen LogP) is 1.61. The lowest BCUT2D eigenvalue weighted by atomic mass is 10.0. The van der Waals surface area contributed by atoms with Gasteiger partial charge in [-0.1, -0.05) is 37.6 Å². The van der Waals surface area contributed by atoms with Gasteiger partial charge in [0.15, 0.2) is 0 Å². The number of rotatable bonds is 7. The maximum absolute atomic E-state index is 12.3. The van der Waals surface area contributed by atoms with Crippen molar-refractivity contribution in [3.63, 3.8) is 0 Å². The molecule has 0 spiro atoms. The lowest BCUT2D eigenvalue weighted by molar-refractivity contribution is -0.142. The van der Waals surface area contributed by atoms with Crippen LogP contribution in [0.4, 0.5) is 0 Å². The van der Waals surface area contributed by atoms with Crippen LogP contribution in [0.2, 0.25) is 5.02 Å². The molecule has 1 aromatic rings. The molecule has 1 aromatic carbocycles. The standard InChI is InChI=1S/C16H21ClN2O4/c1-9(2)14(18-10(3)20)15(21)19-13(16(22)23)8-11-5-4-6-12(17)7-11/h4-7,9,13-14H,8H2,1-3H3,(H,18,20)(H,19,21)(H,22,23)/t13-,14+/m0/s1. The van der Waals surface area contributed by atoms with Crippen LogP contribution >= 0.6 is 11.6 Å². The monoisotopic (exact) mass is 340 g/mol. The minimum atomic E-state index is -1.15. The maximum atomic E-state index is 12.3. The molecule has 3 N–H and O–H groups in total. The number of carboxylic acid groups (broad SMARTS) is 1. The van der Waals surface area contributed by atoms with E-state index in [0.29, 0.717) is 10.6 Å². The van der Waals surface area contributed by atoms with Gasteiger partial charge in [0.2, 0.25) is 11.8 Å². The minimum absolute atomic E-state index is 0.104. The van der Waals surface area contributed by atoms with E-state index in [1.807, 2.05) is 0 Å². The second-order valence-corrected chi connectivity index (χ2v) is 6.09. The average Bonchev–Trinajstić information content (AvgIpc) is 2.43. The molecule has 1 rings (SSSR count). The van der Waals surface area contributed by atoms with Gasteiger partial charge in [0.1, 0.15) is 12.1 Å². The summed E-state index contributed by atoms with van der Waals surface area (Å²) in [4.78, 5) is 34.9. The van der Waals surface area contributed by atoms with E-state index in [4.69, 9.17) is 11.6 Å². The van der Waals surface area contributed by atoms with Gasteiger partial charge in [-0.15, -0.1) is 0 Å². The minimum Gasteiger partial charge on any atom is -0.480 e. The number of carbonyl (C=O) groups excluding carboxylic acids is 2. The quantitative estimate of drug-likeness (QED) is 0.702. The summed E-state index contributed by atoms with van der Waals surface area (Å²) >= 11 is 5.88. The molecule has 0 aliphatic rings. The molecule has 2 amide bonds. The van der Waals surface area contributed by atoms with Crippen LogP contribution in [-0.2, 0) is 20.8 Å². The zero-order valence-electron chi connectivity index (χ0n) is 13.3. The summed E-state index contributed by atoms with van der Waals surface area (Å²) < 4.78 is 0. The van der Waals surface area contributed by atoms with Crippen LogP contribution in [0.15, 0.2) is 24.3 Å². The molecule has 0 unspecified atom stereocenters. The number of hydrogen-bond donors (Lipinski definition) is 3. The summed E-state index contributed by atoms with van der Waals surface area (Å²) in [5.41, 5.74) is 0.700. The van der Waals surface area contributed by atoms with Crippen molar-refractivity contribution in [1.29, 1.82) is 0 Å². The first-order valence-electron chi connectivity index (χ1n) is 7.25. The van der Waals surface area contributed by atoms with E-state index < -0.39 is 24.0 Å². The van der Waals surface area contributed by atoms with Crippen molar-refractivity contribution >= 4 is 29.4 Å².